The third-order valence-corrected chi connectivity index (χ3v) is 23.9. The molecule has 0 saturated carbocycles. The molecule has 8 atom stereocenters. The smallest absolute Gasteiger partial charge is 0.481 e. The summed E-state index contributed by atoms with van der Waals surface area (Å²) in [6, 6.07) is 0. The Hall–Kier alpha value is -4.67. The average molecular weight is 1990 g/mol. The Morgan fingerprint density at radius 3 is 0.750 bits per heavy atom. The number of carbonyl (C=O) groups excluding carboxylic acids is 8. The predicted molar refractivity (Wildman–Crippen MR) is 511 cm³/mol. The van der Waals surface area contributed by atoms with Crippen LogP contribution in [0, 0.1) is 69.0 Å². The molecule has 40 heteroatoms. The number of aliphatic carboxylic acids is 1. The summed E-state index contributed by atoms with van der Waals surface area (Å²) in [4.78, 5) is 151. The fourth-order valence-corrected chi connectivity index (χ4v) is 10.4. The standard InChI is InChI=1S/C14H29O7P.3C13H26O2.2C10H21O7P.C8H14O2.C6H13O5P.C5H10O2/c1-6-14(4,5)13(15)18-11-9-17-10-12-21-22(16,19-7-2)20-8-3;3*1-5-8-9-12(7-3)10-15-13(14)11(4)6-2;2*1-4-10(2,3)9(11)16-7-5-15-6-8-17-18(12,13)14;1-4-6-10-8(9)7(3)5-2;1-4-6(2,3)5(7)11-12(8,9)10;1-3-4(2)5(6)7/h6-12H2,1-5H3;3*11-12H,5-10H2,1-4H3;2*4-8H2,1-3H3,(H2,12,13,14);4,7H,1,5-6H2,2-3H3;4H2,1-3H3,(H2,8,9,10);4H,3H2,1-2H3,(H,6,7). The molecule has 790 valence electrons. The molecule has 132 heavy (non-hydrogen) atoms. The van der Waals surface area contributed by atoms with E-state index >= 15 is 0 Å². The minimum absolute atomic E-state index is 0.0138. The molecule has 0 aromatic rings. The maximum absolute atomic E-state index is 11.9. The number of phosphoric ester groups is 4. The molecule has 0 aromatic carbocycles. The van der Waals surface area contributed by atoms with Crippen LogP contribution in [0.25, 0.3) is 0 Å². The maximum atomic E-state index is 11.9. The maximum Gasteiger partial charge on any atom is 0.527 e. The number of hydrogen-bond donors (Lipinski definition) is 7. The average Bonchev–Trinajstić information content (AvgIpc) is 0.876. The molecule has 0 aliphatic heterocycles. The molecule has 0 radical (unpaired) electrons. The summed E-state index contributed by atoms with van der Waals surface area (Å²) < 4.78 is 121. The van der Waals surface area contributed by atoms with Crippen molar-refractivity contribution in [1.82, 2.24) is 0 Å². The minimum Gasteiger partial charge on any atom is -0.481 e. The lowest BCUT2D eigenvalue weighted by Gasteiger charge is -2.20. The molecule has 0 aliphatic rings. The quantitative estimate of drug-likeness (QED) is 0.00977. The Bertz CT molecular complexity index is 2940. The second-order valence-electron chi connectivity index (χ2n) is 33.8. The Morgan fingerprint density at radius 2 is 0.553 bits per heavy atom. The first-order valence-corrected chi connectivity index (χ1v) is 53.3. The predicted octanol–water partition coefficient (Wildman–Crippen LogP) is 20.7. The number of rotatable bonds is 64. The van der Waals surface area contributed by atoms with E-state index in [1.54, 1.807) is 75.3 Å². The fourth-order valence-electron chi connectivity index (χ4n) is 8.19. The van der Waals surface area contributed by atoms with E-state index in [0.29, 0.717) is 69.9 Å². The van der Waals surface area contributed by atoms with Gasteiger partial charge in [-0.2, -0.15) is 0 Å². The normalized spacial score (nSPS) is 13.3. The van der Waals surface area contributed by atoms with Gasteiger partial charge in [-0.05, 0) is 164 Å². The Labute approximate surface area is 794 Å². The van der Waals surface area contributed by atoms with Crippen LogP contribution < -0.4 is 0 Å². The first-order chi connectivity index (χ1) is 61.2. The van der Waals surface area contributed by atoms with Gasteiger partial charge >= 0.3 is 85.0 Å². The lowest BCUT2D eigenvalue weighted by molar-refractivity contribution is -0.156. The summed E-state index contributed by atoms with van der Waals surface area (Å²) in [7, 11) is -17.0. The lowest BCUT2D eigenvalue weighted by Crippen LogP contribution is -2.27. The molecule has 36 nitrogen and oxygen atoms in total. The zero-order valence-electron chi connectivity index (χ0n) is 86.7. The van der Waals surface area contributed by atoms with E-state index < -0.39 is 64.9 Å². The third-order valence-electron chi connectivity index (χ3n) is 20.8. The van der Waals surface area contributed by atoms with Gasteiger partial charge in [-0.25, -0.2) is 18.3 Å². The second kappa shape index (κ2) is 87.8. The number of phosphoric acid groups is 4. The molecule has 0 bridgehead atoms. The van der Waals surface area contributed by atoms with Crippen LogP contribution in [0.3, 0.4) is 0 Å². The molecule has 0 aromatic heterocycles. The van der Waals surface area contributed by atoms with Crippen LogP contribution in [0.4, 0.5) is 0 Å². The van der Waals surface area contributed by atoms with E-state index in [1.165, 1.54) is 57.8 Å². The van der Waals surface area contributed by atoms with Crippen molar-refractivity contribution in [3.05, 3.63) is 12.7 Å². The molecule has 0 fully saturated rings. The Balaban J connectivity index is -0.000000187. The highest BCUT2D eigenvalue weighted by Gasteiger charge is 2.34. The SMILES string of the molecule is C=CCOC(=O)C(C)CC.CCC(C)(C)C(=O)OCCOCCOP(=O)(O)O.CCC(C)(C)C(=O)OCCOCCOP(=O)(O)O.CCC(C)(C)C(=O)OP(=O)(O)O.CCC(C)C(=O)O.CCCCC(CC)COC(=O)C(C)CC.CCCCC(CC)COC(=O)C(C)CC.CCCCC(CC)COC(=O)C(C)CC.CCOP(=O)(OCC)OCCOCCOC(=O)C(C)(C)CC. The molecule has 7 N–H and O–H groups in total. The fraction of sp³-hybridized carbons (Fsp3) is 0.880. The summed E-state index contributed by atoms with van der Waals surface area (Å²) in [6.45, 7) is 64.1. The van der Waals surface area contributed by atoms with Gasteiger partial charge in [0.05, 0.1) is 144 Å². The number of ether oxygens (including phenoxy) is 10. The van der Waals surface area contributed by atoms with Crippen molar-refractivity contribution >= 4 is 85.0 Å². The van der Waals surface area contributed by atoms with Gasteiger partial charge in [0.1, 0.15) is 26.4 Å². The summed E-state index contributed by atoms with van der Waals surface area (Å²) >= 11 is 0. The number of carboxylic acid groups (broad SMARTS) is 1. The van der Waals surface area contributed by atoms with E-state index in [-0.39, 0.29) is 164 Å². The summed E-state index contributed by atoms with van der Waals surface area (Å²) in [5, 5.41) is 8.18. The largest absolute Gasteiger partial charge is 0.527 e. The Morgan fingerprint density at radius 1 is 0.311 bits per heavy atom. The van der Waals surface area contributed by atoms with Crippen LogP contribution >= 0.6 is 31.3 Å². The number of esters is 7. The Kier molecular flexibility index (Phi) is 96.5. The molecule has 0 heterocycles. The van der Waals surface area contributed by atoms with Crippen molar-refractivity contribution < 1.29 is 170 Å². The van der Waals surface area contributed by atoms with Gasteiger partial charge in [0, 0.05) is 0 Å². The van der Waals surface area contributed by atoms with E-state index in [4.69, 9.17) is 95.4 Å². The van der Waals surface area contributed by atoms with Gasteiger partial charge in [0.2, 0.25) is 0 Å². The van der Waals surface area contributed by atoms with Crippen molar-refractivity contribution in [2.75, 3.05) is 119 Å². The van der Waals surface area contributed by atoms with Gasteiger partial charge in [-0.15, -0.1) is 0 Å². The monoisotopic (exact) mass is 1990 g/mol. The summed E-state index contributed by atoms with van der Waals surface area (Å²) in [5.74, 6) is -1.01. The molecule has 0 rings (SSSR count). The highest BCUT2D eigenvalue weighted by atomic mass is 31.2. The topological polar surface area (TPSA) is 511 Å². The first kappa shape index (κ1) is 145. The molecule has 0 amide bonds. The highest BCUT2D eigenvalue weighted by Crippen LogP contribution is 2.49. The van der Waals surface area contributed by atoms with Crippen LogP contribution in [-0.4, -0.2) is 207 Å². The van der Waals surface area contributed by atoms with Crippen LogP contribution in [0.1, 0.15) is 343 Å². The van der Waals surface area contributed by atoms with Crippen molar-refractivity contribution in [2.45, 2.75) is 343 Å². The van der Waals surface area contributed by atoms with Crippen molar-refractivity contribution in [1.29, 1.82) is 0 Å². The van der Waals surface area contributed by atoms with Gasteiger partial charge < -0.3 is 76.6 Å². The minimum atomic E-state index is -4.68. The van der Waals surface area contributed by atoms with Gasteiger partial charge in [0.25, 0.3) is 0 Å². The van der Waals surface area contributed by atoms with E-state index in [2.05, 4.69) is 61.7 Å². The summed E-state index contributed by atoms with van der Waals surface area (Å²) in [6.07, 6.45) is 22.5. The second-order valence-corrected chi connectivity index (χ2v) is 39.1. The molecule has 0 spiro atoms. The molecule has 0 aliphatic carbocycles. The van der Waals surface area contributed by atoms with E-state index in [0.717, 1.165) is 51.4 Å². The van der Waals surface area contributed by atoms with Crippen molar-refractivity contribution in [2.24, 2.45) is 69.0 Å². The van der Waals surface area contributed by atoms with Crippen molar-refractivity contribution in [3.8, 4) is 0 Å². The van der Waals surface area contributed by atoms with Gasteiger partial charge in [0.15, 0.2) is 0 Å². The molecule has 8 unspecified atom stereocenters. The molecular formula is C92H186O36P4. The van der Waals surface area contributed by atoms with Crippen molar-refractivity contribution in [3.63, 3.8) is 0 Å². The molecule has 0 saturated heterocycles. The number of hydrogen-bond acceptors (Lipinski definition) is 29. The summed E-state index contributed by atoms with van der Waals surface area (Å²) in [5.41, 5.74) is -2.35. The van der Waals surface area contributed by atoms with Crippen LogP contribution in [0.5, 0.6) is 0 Å². The number of unbranched alkanes of at least 4 members (excludes halogenated alkanes) is 3. The van der Waals surface area contributed by atoms with Gasteiger partial charge in [-0.3, -0.25) is 75.6 Å². The highest BCUT2D eigenvalue weighted by molar-refractivity contribution is 7.48. The van der Waals surface area contributed by atoms with Gasteiger partial charge in [-0.1, -0.05) is 209 Å². The zero-order valence-corrected chi connectivity index (χ0v) is 90.3. The number of carboxylic acids is 1. The lowest BCUT2D eigenvalue weighted by atomic mass is 9.91. The van der Waals surface area contributed by atoms with Crippen LogP contribution in [-0.2, 0) is 136 Å². The third kappa shape index (κ3) is 93.0. The molecular weight excluding hydrogens is 1800 g/mol. The van der Waals surface area contributed by atoms with Crippen LogP contribution in [0.15, 0.2) is 12.7 Å². The van der Waals surface area contributed by atoms with E-state index in [9.17, 15) is 61.4 Å². The van der Waals surface area contributed by atoms with E-state index in [1.807, 2.05) is 96.9 Å². The van der Waals surface area contributed by atoms with Crippen LogP contribution in [0.2, 0.25) is 0 Å². The number of carbonyl (C=O) groups is 9. The zero-order chi connectivity index (χ0) is 104. The first-order valence-electron chi connectivity index (χ1n) is 47.2.